The molecule has 4 rings (SSSR count). The molecule has 28 heavy (non-hydrogen) atoms. The molecule has 1 amide bonds. The van der Waals surface area contributed by atoms with Crippen molar-refractivity contribution >= 4 is 23.2 Å². The van der Waals surface area contributed by atoms with Crippen molar-refractivity contribution in [1.82, 2.24) is 5.43 Å². The molecule has 0 saturated heterocycles. The van der Waals surface area contributed by atoms with Crippen molar-refractivity contribution in [2.24, 2.45) is 11.0 Å². The molecular weight excluding hydrogens is 368 g/mol. The number of halogens is 1. The zero-order valence-corrected chi connectivity index (χ0v) is 16.4. The minimum atomic E-state index is -0.281. The van der Waals surface area contributed by atoms with Gasteiger partial charge in [0, 0.05) is 10.4 Å². The molecule has 140 valence electrons. The van der Waals surface area contributed by atoms with E-state index in [2.05, 4.69) is 34.8 Å². The number of nitrogens with zero attached hydrogens (tertiary/aromatic N) is 1. The standard InChI is InChI=1S/C24H21ClN2O/c1-17(18-12-14-21(25)15-13-18)26-27-23(28)22-16-24(22,19-8-4-2-5-9-19)20-10-6-3-7-11-20/h2-15,22H,16H2,1H3,(H,27,28)/t22-/m0/s1. The summed E-state index contributed by atoms with van der Waals surface area (Å²) in [6, 6.07) is 27.9. The minimum Gasteiger partial charge on any atom is -0.273 e. The van der Waals surface area contributed by atoms with Gasteiger partial charge in [0.25, 0.3) is 0 Å². The van der Waals surface area contributed by atoms with Gasteiger partial charge in [-0.05, 0) is 42.2 Å². The van der Waals surface area contributed by atoms with Gasteiger partial charge in [0.15, 0.2) is 0 Å². The number of carbonyl (C=O) groups is 1. The second kappa shape index (κ2) is 7.61. The summed E-state index contributed by atoms with van der Waals surface area (Å²) in [5, 5.41) is 4.99. The molecule has 0 unspecified atom stereocenters. The summed E-state index contributed by atoms with van der Waals surface area (Å²) in [5.41, 5.74) is 6.49. The number of hydrazone groups is 1. The van der Waals surface area contributed by atoms with Gasteiger partial charge < -0.3 is 0 Å². The van der Waals surface area contributed by atoms with E-state index in [9.17, 15) is 4.79 Å². The zero-order chi connectivity index (χ0) is 19.6. The Labute approximate surface area is 170 Å². The van der Waals surface area contributed by atoms with Gasteiger partial charge in [-0.15, -0.1) is 0 Å². The Hall–Kier alpha value is -2.91. The molecule has 0 aromatic heterocycles. The summed E-state index contributed by atoms with van der Waals surface area (Å²) in [7, 11) is 0. The molecule has 1 fully saturated rings. The van der Waals surface area contributed by atoms with Gasteiger partial charge in [-0.3, -0.25) is 4.79 Å². The molecule has 0 spiro atoms. The van der Waals surface area contributed by atoms with Crippen LogP contribution in [0.4, 0.5) is 0 Å². The Morgan fingerprint density at radius 2 is 1.46 bits per heavy atom. The van der Waals surface area contributed by atoms with Gasteiger partial charge in [0.2, 0.25) is 5.91 Å². The Morgan fingerprint density at radius 3 is 2.00 bits per heavy atom. The molecule has 0 radical (unpaired) electrons. The molecular formula is C24H21ClN2O. The number of amides is 1. The van der Waals surface area contributed by atoms with E-state index in [1.54, 1.807) is 0 Å². The highest BCUT2D eigenvalue weighted by molar-refractivity contribution is 6.30. The third kappa shape index (κ3) is 3.46. The van der Waals surface area contributed by atoms with Gasteiger partial charge in [-0.2, -0.15) is 5.10 Å². The lowest BCUT2D eigenvalue weighted by atomic mass is 9.85. The van der Waals surface area contributed by atoms with Gasteiger partial charge in [0.1, 0.15) is 0 Å². The Bertz CT molecular complexity index is 958. The van der Waals surface area contributed by atoms with E-state index in [1.165, 1.54) is 11.1 Å². The lowest BCUT2D eigenvalue weighted by Crippen LogP contribution is -2.26. The van der Waals surface area contributed by atoms with Crippen molar-refractivity contribution in [3.8, 4) is 0 Å². The lowest BCUT2D eigenvalue weighted by molar-refractivity contribution is -0.122. The van der Waals surface area contributed by atoms with Crippen LogP contribution in [0, 0.1) is 5.92 Å². The van der Waals surface area contributed by atoms with E-state index in [0.717, 1.165) is 17.7 Å². The molecule has 3 aromatic rings. The lowest BCUT2D eigenvalue weighted by Gasteiger charge is -2.18. The highest BCUT2D eigenvalue weighted by atomic mass is 35.5. The monoisotopic (exact) mass is 388 g/mol. The van der Waals surface area contributed by atoms with E-state index < -0.39 is 0 Å². The van der Waals surface area contributed by atoms with Crippen LogP contribution in [0.1, 0.15) is 30.0 Å². The molecule has 0 bridgehead atoms. The maximum absolute atomic E-state index is 12.9. The summed E-state index contributed by atoms with van der Waals surface area (Å²) in [6.07, 6.45) is 0.780. The van der Waals surface area contributed by atoms with Crippen LogP contribution in [-0.2, 0) is 10.2 Å². The maximum atomic E-state index is 12.9. The first kappa shape index (κ1) is 18.5. The van der Waals surface area contributed by atoms with Crippen molar-refractivity contribution in [3.63, 3.8) is 0 Å². The number of hydrogen-bond acceptors (Lipinski definition) is 2. The fourth-order valence-corrected chi connectivity index (χ4v) is 3.95. The summed E-state index contributed by atoms with van der Waals surface area (Å²) in [6.45, 7) is 1.87. The third-order valence-electron chi connectivity index (χ3n) is 5.45. The van der Waals surface area contributed by atoms with Crippen LogP contribution in [0.3, 0.4) is 0 Å². The second-order valence-corrected chi connectivity index (χ2v) is 7.58. The Kier molecular flexibility index (Phi) is 5.01. The molecule has 1 atom stereocenters. The van der Waals surface area contributed by atoms with Gasteiger partial charge >= 0.3 is 0 Å². The fraction of sp³-hybridized carbons (Fsp3) is 0.167. The molecule has 0 aliphatic heterocycles. The average molecular weight is 389 g/mol. The van der Waals surface area contributed by atoms with Crippen molar-refractivity contribution < 1.29 is 4.79 Å². The predicted molar refractivity (Wildman–Crippen MR) is 114 cm³/mol. The van der Waals surface area contributed by atoms with Crippen molar-refractivity contribution in [3.05, 3.63) is 107 Å². The van der Waals surface area contributed by atoms with Crippen molar-refractivity contribution in [1.29, 1.82) is 0 Å². The Morgan fingerprint density at radius 1 is 0.929 bits per heavy atom. The third-order valence-corrected chi connectivity index (χ3v) is 5.70. The highest BCUT2D eigenvalue weighted by Gasteiger charge is 2.60. The molecule has 4 heteroatoms. The van der Waals surface area contributed by atoms with Crippen LogP contribution in [0.25, 0.3) is 0 Å². The summed E-state index contributed by atoms with van der Waals surface area (Å²) in [5.74, 6) is -0.194. The normalized spacial score (nSPS) is 17.8. The number of hydrogen-bond donors (Lipinski definition) is 1. The highest BCUT2D eigenvalue weighted by Crippen LogP contribution is 2.58. The molecule has 1 aliphatic carbocycles. The van der Waals surface area contributed by atoms with E-state index >= 15 is 0 Å². The number of benzene rings is 3. The molecule has 1 N–H and O–H groups in total. The number of nitrogens with one attached hydrogen (secondary N) is 1. The number of carbonyl (C=O) groups excluding carboxylic acids is 1. The van der Waals surface area contributed by atoms with E-state index in [1.807, 2.05) is 67.6 Å². The van der Waals surface area contributed by atoms with Gasteiger partial charge in [-0.1, -0.05) is 84.4 Å². The smallest absolute Gasteiger partial charge is 0.244 e. The topological polar surface area (TPSA) is 41.5 Å². The molecule has 3 nitrogen and oxygen atoms in total. The number of rotatable bonds is 5. The largest absolute Gasteiger partial charge is 0.273 e. The molecule has 3 aromatic carbocycles. The van der Waals surface area contributed by atoms with E-state index in [-0.39, 0.29) is 17.2 Å². The van der Waals surface area contributed by atoms with Gasteiger partial charge in [0.05, 0.1) is 11.6 Å². The van der Waals surface area contributed by atoms with E-state index in [0.29, 0.717) is 5.02 Å². The summed E-state index contributed by atoms with van der Waals surface area (Å²) in [4.78, 5) is 12.9. The molecule has 1 saturated carbocycles. The van der Waals surface area contributed by atoms with Crippen LogP contribution >= 0.6 is 11.6 Å². The summed E-state index contributed by atoms with van der Waals surface area (Å²) < 4.78 is 0. The second-order valence-electron chi connectivity index (χ2n) is 7.14. The average Bonchev–Trinajstić information content (AvgIpc) is 3.51. The van der Waals surface area contributed by atoms with Crippen molar-refractivity contribution in [2.75, 3.05) is 0 Å². The molecule has 1 aliphatic rings. The van der Waals surface area contributed by atoms with Crippen LogP contribution < -0.4 is 5.43 Å². The predicted octanol–water partition coefficient (Wildman–Crippen LogP) is 5.19. The van der Waals surface area contributed by atoms with Crippen LogP contribution in [0.5, 0.6) is 0 Å². The fourth-order valence-electron chi connectivity index (χ4n) is 3.83. The Balaban J connectivity index is 1.56. The summed E-state index contributed by atoms with van der Waals surface area (Å²) >= 11 is 5.93. The van der Waals surface area contributed by atoms with Crippen LogP contribution in [0.15, 0.2) is 90.0 Å². The first-order valence-corrected chi connectivity index (χ1v) is 9.70. The van der Waals surface area contributed by atoms with Crippen LogP contribution in [0.2, 0.25) is 5.02 Å². The minimum absolute atomic E-state index is 0.0546. The first-order chi connectivity index (χ1) is 13.6. The maximum Gasteiger partial charge on any atom is 0.244 e. The van der Waals surface area contributed by atoms with Gasteiger partial charge in [-0.25, -0.2) is 5.43 Å². The first-order valence-electron chi connectivity index (χ1n) is 9.32. The molecule has 0 heterocycles. The van der Waals surface area contributed by atoms with E-state index in [4.69, 9.17) is 11.6 Å². The SMILES string of the molecule is CC(=NNC(=O)[C@@H]1CC1(c1ccccc1)c1ccccc1)c1ccc(Cl)cc1. The zero-order valence-electron chi connectivity index (χ0n) is 15.6. The quantitative estimate of drug-likeness (QED) is 0.474. The van der Waals surface area contributed by atoms with Crippen LogP contribution in [-0.4, -0.2) is 11.6 Å². The van der Waals surface area contributed by atoms with Crippen molar-refractivity contribution in [2.45, 2.75) is 18.8 Å².